The van der Waals surface area contributed by atoms with Crippen molar-refractivity contribution in [2.75, 3.05) is 12.3 Å². The summed E-state index contributed by atoms with van der Waals surface area (Å²) in [5.41, 5.74) is 2.40. The summed E-state index contributed by atoms with van der Waals surface area (Å²) in [4.78, 5) is 7.27. The largest absolute Gasteiger partial charge is 0.345 e. The fourth-order valence-electron chi connectivity index (χ4n) is 3.18. The zero-order valence-electron chi connectivity index (χ0n) is 9.40. The fraction of sp³-hybridized carbons (Fsp3) is 0.462. The average molecular weight is 248 g/mol. The van der Waals surface area contributed by atoms with Crippen LogP contribution in [0.3, 0.4) is 0 Å². The number of fused-ring (bicyclic) bond motifs is 5. The van der Waals surface area contributed by atoms with E-state index in [0.29, 0.717) is 6.04 Å². The molecule has 1 aromatic carbocycles. The second-order valence-electron chi connectivity index (χ2n) is 4.85. The molecular formula is C13H13FN2S. The Balaban J connectivity index is 1.80. The van der Waals surface area contributed by atoms with Gasteiger partial charge in [-0.15, -0.1) is 0 Å². The van der Waals surface area contributed by atoms with Gasteiger partial charge in [0.1, 0.15) is 5.82 Å². The summed E-state index contributed by atoms with van der Waals surface area (Å²) in [5, 5.41) is 1.21. The summed E-state index contributed by atoms with van der Waals surface area (Å²) in [6, 6.07) is 5.96. The topological polar surface area (TPSA) is 15.6 Å². The molecule has 1 aromatic rings. The van der Waals surface area contributed by atoms with Gasteiger partial charge in [0.15, 0.2) is 5.17 Å². The minimum Gasteiger partial charge on any atom is -0.345 e. The monoisotopic (exact) mass is 248 g/mol. The van der Waals surface area contributed by atoms with Gasteiger partial charge in [-0.3, -0.25) is 4.99 Å². The number of nitrogens with zero attached hydrogens (tertiary/aromatic N) is 2. The van der Waals surface area contributed by atoms with Gasteiger partial charge in [0.05, 0.1) is 12.1 Å². The number of aliphatic imine (C=N–C) groups is 1. The quantitative estimate of drug-likeness (QED) is 0.701. The minimum atomic E-state index is -0.122. The predicted molar refractivity (Wildman–Crippen MR) is 67.8 cm³/mol. The molecule has 4 heteroatoms. The van der Waals surface area contributed by atoms with Crippen LogP contribution in [0.2, 0.25) is 0 Å². The molecule has 4 rings (SSSR count). The molecule has 2 nitrogen and oxygen atoms in total. The lowest BCUT2D eigenvalue weighted by Gasteiger charge is -2.31. The molecule has 2 atom stereocenters. The van der Waals surface area contributed by atoms with Crippen LogP contribution in [0.4, 0.5) is 4.39 Å². The molecule has 17 heavy (non-hydrogen) atoms. The highest BCUT2D eigenvalue weighted by Gasteiger charge is 2.42. The first-order valence-electron chi connectivity index (χ1n) is 6.08. The molecule has 0 aromatic heterocycles. The lowest BCUT2D eigenvalue weighted by atomic mass is 9.84. The minimum absolute atomic E-state index is 0.122. The van der Waals surface area contributed by atoms with Crippen molar-refractivity contribution in [3.05, 3.63) is 35.1 Å². The second kappa shape index (κ2) is 3.48. The molecule has 0 spiro atoms. The van der Waals surface area contributed by atoms with Crippen molar-refractivity contribution in [2.24, 2.45) is 4.99 Å². The van der Waals surface area contributed by atoms with Gasteiger partial charge < -0.3 is 4.90 Å². The van der Waals surface area contributed by atoms with E-state index in [4.69, 9.17) is 4.99 Å². The Morgan fingerprint density at radius 2 is 2.35 bits per heavy atom. The first-order chi connectivity index (χ1) is 8.33. The van der Waals surface area contributed by atoms with Crippen LogP contribution in [-0.4, -0.2) is 28.4 Å². The van der Waals surface area contributed by atoms with Crippen molar-refractivity contribution in [2.45, 2.75) is 24.9 Å². The zero-order chi connectivity index (χ0) is 11.4. The van der Waals surface area contributed by atoms with Crippen LogP contribution in [0, 0.1) is 5.82 Å². The third-order valence-electron chi connectivity index (χ3n) is 3.96. The molecule has 88 valence electrons. The van der Waals surface area contributed by atoms with Gasteiger partial charge in [0, 0.05) is 12.3 Å². The van der Waals surface area contributed by atoms with Crippen LogP contribution in [0.15, 0.2) is 23.2 Å². The number of hydrogen-bond acceptors (Lipinski definition) is 3. The fourth-order valence-corrected chi connectivity index (χ4v) is 4.23. The Labute approximate surface area is 104 Å². The average Bonchev–Trinajstić information content (AvgIpc) is 2.88. The third kappa shape index (κ3) is 1.36. The summed E-state index contributed by atoms with van der Waals surface area (Å²) < 4.78 is 13.2. The van der Waals surface area contributed by atoms with Crippen molar-refractivity contribution in [3.8, 4) is 0 Å². The van der Waals surface area contributed by atoms with Gasteiger partial charge in [0.25, 0.3) is 0 Å². The number of thioether (sulfide) groups is 1. The Bertz CT molecular complexity index is 514. The maximum absolute atomic E-state index is 13.2. The van der Waals surface area contributed by atoms with Crippen LogP contribution >= 0.6 is 11.8 Å². The number of halogens is 1. The molecule has 3 aliphatic rings. The maximum Gasteiger partial charge on any atom is 0.160 e. The second-order valence-corrected chi connectivity index (χ2v) is 5.91. The lowest BCUT2D eigenvalue weighted by molar-refractivity contribution is 0.297. The van der Waals surface area contributed by atoms with Gasteiger partial charge in [-0.05, 0) is 36.1 Å². The van der Waals surface area contributed by atoms with Crippen LogP contribution in [-0.2, 0) is 6.42 Å². The molecule has 0 amide bonds. The Hall–Kier alpha value is -1.03. The van der Waals surface area contributed by atoms with Crippen LogP contribution in [0.1, 0.15) is 23.6 Å². The van der Waals surface area contributed by atoms with Gasteiger partial charge in [-0.25, -0.2) is 4.39 Å². The number of hydrogen-bond donors (Lipinski definition) is 0. The molecular weight excluding hydrogens is 235 g/mol. The predicted octanol–water partition coefficient (Wildman–Crippen LogP) is 2.60. The molecule has 1 aliphatic carbocycles. The van der Waals surface area contributed by atoms with E-state index in [9.17, 15) is 4.39 Å². The first-order valence-corrected chi connectivity index (χ1v) is 7.07. The van der Waals surface area contributed by atoms with Gasteiger partial charge in [0.2, 0.25) is 0 Å². The van der Waals surface area contributed by atoms with E-state index in [2.05, 4.69) is 4.90 Å². The molecule has 1 fully saturated rings. The van der Waals surface area contributed by atoms with Crippen LogP contribution in [0.25, 0.3) is 0 Å². The molecule has 1 saturated heterocycles. The normalized spacial score (nSPS) is 29.7. The molecule has 0 bridgehead atoms. The third-order valence-corrected chi connectivity index (χ3v) is 4.94. The van der Waals surface area contributed by atoms with E-state index in [1.165, 1.54) is 16.5 Å². The lowest BCUT2D eigenvalue weighted by Crippen LogP contribution is -2.36. The van der Waals surface area contributed by atoms with Gasteiger partial charge in [-0.2, -0.15) is 0 Å². The number of amidine groups is 1. The van der Waals surface area contributed by atoms with E-state index < -0.39 is 0 Å². The SMILES string of the molecule is Fc1ccc2c(c1)CCC1C2N=C2SCCN21. The highest BCUT2D eigenvalue weighted by molar-refractivity contribution is 8.14. The highest BCUT2D eigenvalue weighted by atomic mass is 32.2. The highest BCUT2D eigenvalue weighted by Crippen LogP contribution is 2.43. The summed E-state index contributed by atoms with van der Waals surface area (Å²) in [6.07, 6.45) is 2.09. The molecule has 2 aliphatic heterocycles. The smallest absolute Gasteiger partial charge is 0.160 e. The van der Waals surface area contributed by atoms with Gasteiger partial charge >= 0.3 is 0 Å². The summed E-state index contributed by atoms with van der Waals surface area (Å²) in [6.45, 7) is 1.13. The summed E-state index contributed by atoms with van der Waals surface area (Å²) in [5.74, 6) is 1.04. The van der Waals surface area contributed by atoms with Crippen LogP contribution < -0.4 is 0 Å². The van der Waals surface area contributed by atoms with E-state index in [0.717, 1.165) is 24.9 Å². The van der Waals surface area contributed by atoms with Crippen molar-refractivity contribution in [3.63, 3.8) is 0 Å². The standard InChI is InChI=1S/C13H13FN2S/c14-9-2-3-10-8(7-9)1-4-11-12(10)15-13-16(11)5-6-17-13/h2-3,7,11-12H,1,4-6H2. The number of benzene rings is 1. The molecule has 0 saturated carbocycles. The summed E-state index contributed by atoms with van der Waals surface area (Å²) in [7, 11) is 0. The molecule has 2 unspecified atom stereocenters. The molecule has 0 N–H and O–H groups in total. The number of aryl methyl sites for hydroxylation is 1. The maximum atomic E-state index is 13.2. The van der Waals surface area contributed by atoms with Crippen molar-refractivity contribution in [1.82, 2.24) is 4.90 Å². The van der Waals surface area contributed by atoms with E-state index in [1.54, 1.807) is 12.1 Å². The summed E-state index contributed by atoms with van der Waals surface area (Å²) >= 11 is 1.86. The van der Waals surface area contributed by atoms with Crippen molar-refractivity contribution in [1.29, 1.82) is 0 Å². The Kier molecular flexibility index (Phi) is 2.04. The number of rotatable bonds is 0. The Morgan fingerprint density at radius 3 is 3.29 bits per heavy atom. The molecule has 0 radical (unpaired) electrons. The van der Waals surface area contributed by atoms with Crippen LogP contribution in [0.5, 0.6) is 0 Å². The van der Waals surface area contributed by atoms with E-state index in [-0.39, 0.29) is 11.9 Å². The van der Waals surface area contributed by atoms with E-state index in [1.807, 2.05) is 17.8 Å². The van der Waals surface area contributed by atoms with E-state index >= 15 is 0 Å². The first kappa shape index (κ1) is 9.95. The van der Waals surface area contributed by atoms with Gasteiger partial charge in [-0.1, -0.05) is 17.8 Å². The zero-order valence-corrected chi connectivity index (χ0v) is 10.2. The van der Waals surface area contributed by atoms with Crippen molar-refractivity contribution >= 4 is 16.9 Å². The van der Waals surface area contributed by atoms with Crippen molar-refractivity contribution < 1.29 is 4.39 Å². The Morgan fingerprint density at radius 1 is 1.41 bits per heavy atom. The molecule has 2 heterocycles.